The zero-order valence-electron chi connectivity index (χ0n) is 32.8. The molecule has 0 bridgehead atoms. The first-order valence-electron chi connectivity index (χ1n) is 19.9. The number of rotatable bonds is 6. The smallest absolute Gasteiger partial charge is 0.0645 e. The van der Waals surface area contributed by atoms with Crippen molar-refractivity contribution in [3.63, 3.8) is 0 Å². The quantitative estimate of drug-likeness (QED) is 0.158. The summed E-state index contributed by atoms with van der Waals surface area (Å²) in [6.07, 6.45) is 0. The molecule has 0 aliphatic rings. The van der Waals surface area contributed by atoms with Crippen LogP contribution in [-0.2, 0) is 0 Å². The molecule has 0 heterocycles. The summed E-state index contributed by atoms with van der Waals surface area (Å²) in [4.78, 5) is 1.89. The Morgan fingerprint density at radius 3 is 1.64 bits per heavy atom. The minimum atomic E-state index is -0.112. The van der Waals surface area contributed by atoms with Gasteiger partial charge in [0.2, 0.25) is 0 Å². The van der Waals surface area contributed by atoms with Crippen molar-refractivity contribution in [3.8, 4) is 33.4 Å². The van der Waals surface area contributed by atoms with Crippen molar-refractivity contribution < 1.29 is 5.48 Å². The van der Waals surface area contributed by atoms with Gasteiger partial charge in [-0.05, 0) is 114 Å². The lowest BCUT2D eigenvalue weighted by Gasteiger charge is -2.27. The largest absolute Gasteiger partial charge is 0.310 e. The topological polar surface area (TPSA) is 3.24 Å². The molecule has 0 radical (unpaired) electrons. The van der Waals surface area contributed by atoms with E-state index in [0.29, 0.717) is 5.56 Å². The third-order valence-electron chi connectivity index (χ3n) is 10.3. The minimum absolute atomic E-state index is 0.0921. The van der Waals surface area contributed by atoms with Gasteiger partial charge < -0.3 is 4.90 Å². The molecular weight excluding hydrogens is 639 g/mol. The van der Waals surface area contributed by atoms with Gasteiger partial charge in [-0.15, -0.1) is 0 Å². The van der Waals surface area contributed by atoms with Gasteiger partial charge in [0.15, 0.2) is 0 Å². The molecule has 0 atom stereocenters. The summed E-state index contributed by atoms with van der Waals surface area (Å²) in [5.74, 6) is 0. The third kappa shape index (κ3) is 5.51. The van der Waals surface area contributed by atoms with Crippen molar-refractivity contribution in [3.05, 3.63) is 212 Å². The van der Waals surface area contributed by atoms with Crippen molar-refractivity contribution in [1.29, 1.82) is 0 Å². The summed E-state index contributed by atoms with van der Waals surface area (Å²) in [5.41, 5.74) is 6.74. The Hall–Kier alpha value is -6.96. The summed E-state index contributed by atoms with van der Waals surface area (Å²) >= 11 is 0. The Morgan fingerprint density at radius 2 is 0.868 bits per heavy atom. The molecule has 1 nitrogen and oxygen atoms in total. The Labute approximate surface area is 315 Å². The van der Waals surface area contributed by atoms with Gasteiger partial charge in [-0.1, -0.05) is 170 Å². The molecular formula is C52H35N. The SMILES string of the molecule is [2H]c1c([2H])c(N(c2ccc(-c3cc4ccccc4c4ccccc34)cc2)c2cccc3ccccc23)c([2H])c([2H])c1-c1cccc(-c2cccc3ccccc23)c1. The fourth-order valence-corrected chi connectivity index (χ4v) is 7.76. The molecule has 53 heavy (non-hydrogen) atoms. The molecule has 0 saturated carbocycles. The Balaban J connectivity index is 1.14. The predicted molar refractivity (Wildman–Crippen MR) is 227 cm³/mol. The highest BCUT2D eigenvalue weighted by molar-refractivity contribution is 6.14. The number of anilines is 3. The standard InChI is InChI=1S/C52H35N/c1-4-19-45-37(12-1)15-10-24-46(45)41-18-9-17-40(34-41)36-26-30-43(31-27-36)53(52-25-11-16-38-13-2-6-21-48(38)52)44-32-28-39(29-33-44)51-35-42-14-3-5-20-47(42)49-22-7-8-23-50(49)51/h1-35H/i26D,27D,30D,31D. The molecule has 0 aliphatic carbocycles. The van der Waals surface area contributed by atoms with Crippen LogP contribution in [0.3, 0.4) is 0 Å². The molecule has 1 heteroatoms. The fourth-order valence-electron chi connectivity index (χ4n) is 7.76. The summed E-state index contributed by atoms with van der Waals surface area (Å²) in [6.45, 7) is 0. The highest BCUT2D eigenvalue weighted by Crippen LogP contribution is 2.42. The van der Waals surface area contributed by atoms with Gasteiger partial charge in [0.25, 0.3) is 0 Å². The van der Waals surface area contributed by atoms with Gasteiger partial charge in [-0.25, -0.2) is 0 Å². The Bertz CT molecular complexity index is 3150. The van der Waals surface area contributed by atoms with Gasteiger partial charge in [0.1, 0.15) is 0 Å². The number of benzene rings is 10. The van der Waals surface area contributed by atoms with Crippen LogP contribution in [0.2, 0.25) is 0 Å². The monoisotopic (exact) mass is 677 g/mol. The summed E-state index contributed by atoms with van der Waals surface area (Å²) in [7, 11) is 0. The average molecular weight is 678 g/mol. The normalized spacial score (nSPS) is 12.5. The van der Waals surface area contributed by atoms with E-state index >= 15 is 0 Å². The second-order valence-electron chi connectivity index (χ2n) is 13.4. The fraction of sp³-hybridized carbons (Fsp3) is 0. The number of fused-ring (bicyclic) bond motifs is 5. The Kier molecular flexibility index (Phi) is 6.56. The maximum absolute atomic E-state index is 9.60. The van der Waals surface area contributed by atoms with Crippen LogP contribution in [-0.4, -0.2) is 0 Å². The van der Waals surface area contributed by atoms with E-state index in [9.17, 15) is 5.48 Å². The van der Waals surface area contributed by atoms with Crippen LogP contribution in [0.15, 0.2) is 212 Å². The lowest BCUT2D eigenvalue weighted by atomic mass is 9.93. The van der Waals surface area contributed by atoms with Gasteiger partial charge >= 0.3 is 0 Å². The van der Waals surface area contributed by atoms with Crippen LogP contribution >= 0.6 is 0 Å². The third-order valence-corrected chi connectivity index (χ3v) is 10.3. The molecule has 0 amide bonds. The van der Waals surface area contributed by atoms with E-state index in [4.69, 9.17) is 0 Å². The molecule has 10 aromatic carbocycles. The summed E-state index contributed by atoms with van der Waals surface area (Å²) < 4.78 is 38.1. The van der Waals surface area contributed by atoms with Crippen LogP contribution in [0, 0.1) is 0 Å². The van der Waals surface area contributed by atoms with Gasteiger partial charge in [0.05, 0.1) is 11.2 Å². The molecule has 0 aliphatic heterocycles. The van der Waals surface area contributed by atoms with E-state index in [-0.39, 0.29) is 35.4 Å². The van der Waals surface area contributed by atoms with Gasteiger partial charge in [-0.2, -0.15) is 0 Å². The second-order valence-corrected chi connectivity index (χ2v) is 13.4. The first-order chi connectivity index (χ1) is 28.0. The van der Waals surface area contributed by atoms with Crippen LogP contribution in [0.1, 0.15) is 5.48 Å². The van der Waals surface area contributed by atoms with Crippen molar-refractivity contribution in [2.75, 3.05) is 4.90 Å². The van der Waals surface area contributed by atoms with Crippen molar-refractivity contribution in [2.45, 2.75) is 0 Å². The molecule has 0 fully saturated rings. The maximum atomic E-state index is 9.60. The van der Waals surface area contributed by atoms with E-state index in [1.807, 2.05) is 102 Å². The van der Waals surface area contributed by atoms with E-state index < -0.39 is 0 Å². The molecule has 248 valence electrons. The zero-order valence-corrected chi connectivity index (χ0v) is 28.8. The molecule has 0 unspecified atom stereocenters. The maximum Gasteiger partial charge on any atom is 0.0645 e. The first kappa shape index (κ1) is 26.8. The van der Waals surface area contributed by atoms with E-state index in [1.165, 1.54) is 16.2 Å². The Morgan fingerprint density at radius 1 is 0.302 bits per heavy atom. The lowest BCUT2D eigenvalue weighted by molar-refractivity contribution is 1.30. The van der Waals surface area contributed by atoms with Crippen molar-refractivity contribution in [1.82, 2.24) is 0 Å². The predicted octanol–water partition coefficient (Wildman–Crippen LogP) is 14.8. The zero-order chi connectivity index (χ0) is 38.6. The van der Waals surface area contributed by atoms with Crippen LogP contribution < -0.4 is 4.90 Å². The lowest BCUT2D eigenvalue weighted by Crippen LogP contribution is -2.10. The van der Waals surface area contributed by atoms with Crippen LogP contribution in [0.4, 0.5) is 17.1 Å². The molecule has 0 aromatic heterocycles. The second kappa shape index (κ2) is 13.0. The summed E-state index contributed by atoms with van der Waals surface area (Å²) in [5, 5.41) is 8.92. The van der Waals surface area contributed by atoms with Gasteiger partial charge in [-0.3, -0.25) is 0 Å². The van der Waals surface area contributed by atoms with E-state index in [2.05, 4.69) is 91.0 Å². The van der Waals surface area contributed by atoms with Crippen molar-refractivity contribution in [2.24, 2.45) is 0 Å². The van der Waals surface area contributed by atoms with E-state index in [1.54, 1.807) is 0 Å². The molecule has 0 saturated heterocycles. The molecule has 10 rings (SSSR count). The highest BCUT2D eigenvalue weighted by atomic mass is 15.1. The minimum Gasteiger partial charge on any atom is -0.310 e. The van der Waals surface area contributed by atoms with Crippen LogP contribution in [0.25, 0.3) is 76.5 Å². The average Bonchev–Trinajstić information content (AvgIpc) is 3.27. The number of hydrogen-bond acceptors (Lipinski definition) is 1. The number of nitrogens with zero attached hydrogens (tertiary/aromatic N) is 1. The van der Waals surface area contributed by atoms with Crippen LogP contribution in [0.5, 0.6) is 0 Å². The number of hydrogen-bond donors (Lipinski definition) is 0. The van der Waals surface area contributed by atoms with Gasteiger partial charge in [0, 0.05) is 16.8 Å². The molecule has 10 aromatic rings. The van der Waals surface area contributed by atoms with Crippen molar-refractivity contribution >= 4 is 60.2 Å². The molecule has 0 spiro atoms. The molecule has 0 N–H and O–H groups in total. The highest BCUT2D eigenvalue weighted by Gasteiger charge is 2.17. The van der Waals surface area contributed by atoms with E-state index in [0.717, 1.165) is 60.6 Å². The summed E-state index contributed by atoms with van der Waals surface area (Å²) in [6, 6.07) is 63.3. The first-order valence-corrected chi connectivity index (χ1v) is 17.9.